The van der Waals surface area contributed by atoms with Gasteiger partial charge in [-0.25, -0.2) is 9.97 Å². The van der Waals surface area contributed by atoms with Crippen LogP contribution < -0.4 is 15.8 Å². The predicted octanol–water partition coefficient (Wildman–Crippen LogP) is 2.33. The molecule has 2 aromatic rings. The quantitative estimate of drug-likeness (QED) is 0.887. The van der Waals surface area contributed by atoms with Gasteiger partial charge in [-0.1, -0.05) is 17.7 Å². The summed E-state index contributed by atoms with van der Waals surface area (Å²) in [5.41, 5.74) is 6.34. The highest BCUT2D eigenvalue weighted by Gasteiger charge is 2.07. The van der Waals surface area contributed by atoms with E-state index < -0.39 is 0 Å². The van der Waals surface area contributed by atoms with Gasteiger partial charge in [-0.3, -0.25) is 0 Å². The molecule has 0 spiro atoms. The van der Waals surface area contributed by atoms with Gasteiger partial charge in [0.25, 0.3) is 0 Å². The maximum Gasteiger partial charge on any atom is 0.144 e. The van der Waals surface area contributed by atoms with Crippen molar-refractivity contribution in [3.63, 3.8) is 0 Å². The van der Waals surface area contributed by atoms with Crippen molar-refractivity contribution in [2.45, 2.75) is 6.54 Å². The number of nitrogens with one attached hydrogen (secondary N) is 1. The molecule has 0 fully saturated rings. The molecule has 0 unspecified atom stereocenters. The lowest BCUT2D eigenvalue weighted by Crippen LogP contribution is -2.04. The average Bonchev–Trinajstić information content (AvgIpc) is 2.39. The summed E-state index contributed by atoms with van der Waals surface area (Å²) in [5, 5.41) is 3.75. The number of nitrogen functional groups attached to an aromatic ring is 1. The van der Waals surface area contributed by atoms with Crippen molar-refractivity contribution in [3.8, 4) is 5.75 Å². The van der Waals surface area contributed by atoms with Crippen molar-refractivity contribution < 1.29 is 4.74 Å². The maximum atomic E-state index is 6.12. The van der Waals surface area contributed by atoms with Crippen molar-refractivity contribution in [2.24, 2.45) is 0 Å². The van der Waals surface area contributed by atoms with E-state index in [1.165, 1.54) is 6.20 Å². The maximum absolute atomic E-state index is 6.12. The predicted molar refractivity (Wildman–Crippen MR) is 71.8 cm³/mol. The fraction of sp³-hybridized carbons (Fsp3) is 0.167. The SMILES string of the molecule is COc1cccc(Cl)c1CNc1cnc(N)cn1. The minimum absolute atomic E-state index is 0.385. The van der Waals surface area contributed by atoms with Gasteiger partial charge in [0.05, 0.1) is 19.5 Å². The standard InChI is InChI=1S/C12H13ClN4O/c1-18-10-4-2-3-9(13)8(10)5-16-12-7-15-11(14)6-17-12/h2-4,6-7H,5H2,1H3,(H2,14,15)(H,16,17). The van der Waals surface area contributed by atoms with Crippen molar-refractivity contribution in [3.05, 3.63) is 41.2 Å². The summed E-state index contributed by atoms with van der Waals surface area (Å²) in [4.78, 5) is 8.04. The molecule has 0 amide bonds. The van der Waals surface area contributed by atoms with Crippen LogP contribution in [0, 0.1) is 0 Å². The molecule has 0 atom stereocenters. The van der Waals surface area contributed by atoms with E-state index in [9.17, 15) is 0 Å². The third-order valence-electron chi connectivity index (χ3n) is 2.41. The molecule has 6 heteroatoms. The van der Waals surface area contributed by atoms with Crippen molar-refractivity contribution in [2.75, 3.05) is 18.2 Å². The first-order chi connectivity index (χ1) is 8.70. The van der Waals surface area contributed by atoms with Gasteiger partial charge in [-0.05, 0) is 12.1 Å². The van der Waals surface area contributed by atoms with Crippen LogP contribution in [-0.4, -0.2) is 17.1 Å². The molecule has 0 saturated heterocycles. The number of benzene rings is 1. The van der Waals surface area contributed by atoms with Crippen LogP contribution in [0.4, 0.5) is 11.6 Å². The molecule has 1 aromatic heterocycles. The third kappa shape index (κ3) is 2.81. The highest BCUT2D eigenvalue weighted by Crippen LogP contribution is 2.26. The first-order valence-corrected chi connectivity index (χ1v) is 5.71. The molecule has 94 valence electrons. The molecule has 1 aromatic carbocycles. The number of halogens is 1. The molecular weight excluding hydrogens is 252 g/mol. The Morgan fingerprint density at radius 3 is 2.83 bits per heavy atom. The lowest BCUT2D eigenvalue weighted by Gasteiger charge is -2.11. The van der Waals surface area contributed by atoms with E-state index in [1.807, 2.05) is 18.2 Å². The normalized spacial score (nSPS) is 10.1. The molecule has 2 rings (SSSR count). The molecule has 0 aliphatic heterocycles. The number of nitrogens with two attached hydrogens (primary N) is 1. The second kappa shape index (κ2) is 5.55. The smallest absolute Gasteiger partial charge is 0.144 e. The molecule has 0 aliphatic rings. The number of hydrogen-bond donors (Lipinski definition) is 2. The van der Waals surface area contributed by atoms with Gasteiger partial charge in [0.1, 0.15) is 17.4 Å². The number of aromatic nitrogens is 2. The van der Waals surface area contributed by atoms with Crippen molar-refractivity contribution in [1.29, 1.82) is 0 Å². The van der Waals surface area contributed by atoms with Crippen LogP contribution in [0.25, 0.3) is 0 Å². The lowest BCUT2D eigenvalue weighted by molar-refractivity contribution is 0.410. The van der Waals surface area contributed by atoms with E-state index in [0.717, 1.165) is 11.3 Å². The van der Waals surface area contributed by atoms with E-state index >= 15 is 0 Å². The Balaban J connectivity index is 2.12. The van der Waals surface area contributed by atoms with Gasteiger partial charge in [0.15, 0.2) is 0 Å². The van der Waals surface area contributed by atoms with E-state index in [2.05, 4.69) is 15.3 Å². The number of ether oxygens (including phenoxy) is 1. The molecule has 1 heterocycles. The molecule has 3 N–H and O–H groups in total. The third-order valence-corrected chi connectivity index (χ3v) is 2.77. The zero-order valence-corrected chi connectivity index (χ0v) is 10.6. The van der Waals surface area contributed by atoms with Crippen LogP contribution in [0.15, 0.2) is 30.6 Å². The van der Waals surface area contributed by atoms with Crippen LogP contribution >= 0.6 is 11.6 Å². The van der Waals surface area contributed by atoms with Gasteiger partial charge in [-0.15, -0.1) is 0 Å². The Morgan fingerprint density at radius 2 is 2.17 bits per heavy atom. The minimum atomic E-state index is 0.385. The molecule has 5 nitrogen and oxygen atoms in total. The molecule has 0 bridgehead atoms. The first kappa shape index (κ1) is 12.4. The van der Waals surface area contributed by atoms with E-state index in [1.54, 1.807) is 13.3 Å². The number of methoxy groups -OCH3 is 1. The topological polar surface area (TPSA) is 73.1 Å². The highest BCUT2D eigenvalue weighted by molar-refractivity contribution is 6.31. The zero-order chi connectivity index (χ0) is 13.0. The average molecular weight is 265 g/mol. The molecule has 0 radical (unpaired) electrons. The Bertz CT molecular complexity index is 530. The fourth-order valence-electron chi connectivity index (χ4n) is 1.51. The summed E-state index contributed by atoms with van der Waals surface area (Å²) in [7, 11) is 1.61. The van der Waals surface area contributed by atoms with Crippen LogP contribution in [0.2, 0.25) is 5.02 Å². The van der Waals surface area contributed by atoms with Crippen LogP contribution in [0.5, 0.6) is 5.75 Å². The van der Waals surface area contributed by atoms with Gasteiger partial charge in [-0.2, -0.15) is 0 Å². The van der Waals surface area contributed by atoms with Crippen molar-refractivity contribution >= 4 is 23.2 Å². The zero-order valence-electron chi connectivity index (χ0n) is 9.85. The van der Waals surface area contributed by atoms with Gasteiger partial charge in [0.2, 0.25) is 0 Å². The Kier molecular flexibility index (Phi) is 3.84. The van der Waals surface area contributed by atoms with E-state index in [4.69, 9.17) is 22.1 Å². The summed E-state index contributed by atoms with van der Waals surface area (Å²) in [5.74, 6) is 1.75. The lowest BCUT2D eigenvalue weighted by atomic mass is 10.2. The largest absolute Gasteiger partial charge is 0.496 e. The Hall–Kier alpha value is -2.01. The van der Waals surface area contributed by atoms with E-state index in [-0.39, 0.29) is 0 Å². The number of rotatable bonds is 4. The Labute approximate surface area is 110 Å². The van der Waals surface area contributed by atoms with Crippen LogP contribution in [-0.2, 0) is 6.54 Å². The summed E-state index contributed by atoms with van der Waals surface area (Å²) < 4.78 is 5.25. The summed E-state index contributed by atoms with van der Waals surface area (Å²) in [6.45, 7) is 0.501. The van der Waals surface area contributed by atoms with Gasteiger partial charge < -0.3 is 15.8 Å². The van der Waals surface area contributed by atoms with Gasteiger partial charge >= 0.3 is 0 Å². The summed E-state index contributed by atoms with van der Waals surface area (Å²) >= 11 is 6.12. The number of anilines is 2. The second-order valence-electron chi connectivity index (χ2n) is 3.60. The van der Waals surface area contributed by atoms with Gasteiger partial charge in [0, 0.05) is 17.1 Å². The highest BCUT2D eigenvalue weighted by atomic mass is 35.5. The second-order valence-corrected chi connectivity index (χ2v) is 4.01. The van der Waals surface area contributed by atoms with Crippen LogP contribution in [0.1, 0.15) is 5.56 Å². The molecule has 0 aliphatic carbocycles. The minimum Gasteiger partial charge on any atom is -0.496 e. The monoisotopic (exact) mass is 264 g/mol. The first-order valence-electron chi connectivity index (χ1n) is 5.33. The van der Waals surface area contributed by atoms with Crippen LogP contribution in [0.3, 0.4) is 0 Å². The molecule has 18 heavy (non-hydrogen) atoms. The number of hydrogen-bond acceptors (Lipinski definition) is 5. The molecular formula is C12H13ClN4O. The van der Waals surface area contributed by atoms with Crippen molar-refractivity contribution in [1.82, 2.24) is 9.97 Å². The summed E-state index contributed by atoms with van der Waals surface area (Å²) in [6.07, 6.45) is 3.06. The fourth-order valence-corrected chi connectivity index (χ4v) is 1.74. The number of nitrogens with zero attached hydrogens (tertiary/aromatic N) is 2. The Morgan fingerprint density at radius 1 is 1.33 bits per heavy atom. The summed E-state index contributed by atoms with van der Waals surface area (Å²) in [6, 6.07) is 5.51. The molecule has 0 saturated carbocycles. The van der Waals surface area contributed by atoms with E-state index in [0.29, 0.717) is 23.2 Å².